The molecule has 186 valence electrons. The number of carbonyl (C=O) groups is 1. The summed E-state index contributed by atoms with van der Waals surface area (Å²) in [5, 5.41) is -0.878. The first kappa shape index (κ1) is 23.8. The van der Waals surface area contributed by atoms with Crippen LogP contribution in [-0.4, -0.2) is 37.1 Å². The smallest absolute Gasteiger partial charge is 0.268 e. The number of pyridine rings is 1. The molecule has 6 N–H and O–H groups in total. The molecule has 1 saturated heterocycles. The van der Waals surface area contributed by atoms with Crippen LogP contribution in [0.2, 0.25) is 0 Å². The zero-order valence-corrected chi connectivity index (χ0v) is 20.2. The molecule has 2 aromatic rings. The molecule has 0 bridgehead atoms. The van der Waals surface area contributed by atoms with Crippen molar-refractivity contribution in [3.63, 3.8) is 0 Å². The molecule has 1 unspecified atom stereocenters. The summed E-state index contributed by atoms with van der Waals surface area (Å²) < 4.78 is 35.5. The molecule has 3 aliphatic rings. The third-order valence-corrected chi connectivity index (χ3v) is 7.99. The van der Waals surface area contributed by atoms with Crippen LogP contribution in [0, 0.1) is 11.6 Å². The van der Waals surface area contributed by atoms with Crippen molar-refractivity contribution in [2.24, 2.45) is 17.2 Å². The van der Waals surface area contributed by atoms with Crippen molar-refractivity contribution in [1.82, 2.24) is 4.98 Å². The van der Waals surface area contributed by atoms with Crippen LogP contribution in [0.4, 0.5) is 20.2 Å². The van der Waals surface area contributed by atoms with Gasteiger partial charge in [-0.2, -0.15) is 0 Å². The summed E-state index contributed by atoms with van der Waals surface area (Å²) in [6.07, 6.45) is 4.74. The minimum Gasteiger partial charge on any atom is -0.392 e. The first-order chi connectivity index (χ1) is 16.8. The van der Waals surface area contributed by atoms with Gasteiger partial charge in [0.15, 0.2) is 0 Å². The Labute approximate surface area is 206 Å². The summed E-state index contributed by atoms with van der Waals surface area (Å²) in [7, 11) is 1.65. The quantitative estimate of drug-likeness (QED) is 0.570. The Morgan fingerprint density at radius 1 is 1.26 bits per heavy atom. The molecular formula is C24H28F2N6O2S. The van der Waals surface area contributed by atoms with Gasteiger partial charge in [-0.15, -0.1) is 0 Å². The van der Waals surface area contributed by atoms with E-state index in [0.29, 0.717) is 18.7 Å². The average Bonchev–Trinajstić information content (AvgIpc) is 3.38. The Bertz CT molecular complexity index is 1190. The molecule has 2 aliphatic heterocycles. The van der Waals surface area contributed by atoms with E-state index in [1.807, 2.05) is 0 Å². The molecule has 1 amide bonds. The molecule has 1 aliphatic carbocycles. The van der Waals surface area contributed by atoms with E-state index in [0.717, 1.165) is 54.5 Å². The minimum atomic E-state index is -0.976. The van der Waals surface area contributed by atoms with E-state index in [9.17, 15) is 13.6 Å². The molecule has 3 heterocycles. The van der Waals surface area contributed by atoms with Crippen LogP contribution in [0.15, 0.2) is 35.1 Å². The van der Waals surface area contributed by atoms with Gasteiger partial charge in [0.05, 0.1) is 40.0 Å². The van der Waals surface area contributed by atoms with E-state index in [4.69, 9.17) is 21.9 Å². The van der Waals surface area contributed by atoms with E-state index in [-0.39, 0.29) is 28.4 Å². The number of nitrogens with two attached hydrogens (primary N) is 3. The second-order valence-corrected chi connectivity index (χ2v) is 10.1. The van der Waals surface area contributed by atoms with Gasteiger partial charge in [-0.1, -0.05) is 17.8 Å². The highest BCUT2D eigenvalue weighted by Gasteiger charge is 2.42. The van der Waals surface area contributed by atoms with Crippen LogP contribution in [0.25, 0.3) is 0 Å². The number of piperidine rings is 1. The highest BCUT2D eigenvalue weighted by Crippen LogP contribution is 2.53. The van der Waals surface area contributed by atoms with Crippen LogP contribution in [-0.2, 0) is 16.0 Å². The number of methoxy groups -OCH3 is 1. The summed E-state index contributed by atoms with van der Waals surface area (Å²) in [5.41, 5.74) is 21.2. The number of carbonyl (C=O) groups excluding carboxylic acids is 1. The maximum absolute atomic E-state index is 15.0. The normalized spacial score (nSPS) is 24.3. The van der Waals surface area contributed by atoms with Gasteiger partial charge in [-0.05, 0) is 37.8 Å². The van der Waals surface area contributed by atoms with Crippen LogP contribution in [0.3, 0.4) is 0 Å². The Hall–Kier alpha value is -2.89. The number of primary amides is 1. The number of ether oxygens (including phenoxy) is 1. The average molecular weight is 503 g/mol. The Morgan fingerprint density at radius 2 is 2.00 bits per heavy atom. The number of fused-ring (bicyclic) bond motifs is 1. The minimum absolute atomic E-state index is 0.00625. The number of anilines is 2. The molecular weight excluding hydrogens is 474 g/mol. The maximum atomic E-state index is 15.0. The first-order valence-electron chi connectivity index (χ1n) is 11.6. The molecule has 8 nitrogen and oxygen atoms in total. The van der Waals surface area contributed by atoms with Gasteiger partial charge in [0.2, 0.25) is 0 Å². The summed E-state index contributed by atoms with van der Waals surface area (Å²) in [5.74, 6) is -2.26. The van der Waals surface area contributed by atoms with Crippen molar-refractivity contribution in [2.45, 2.75) is 43.2 Å². The van der Waals surface area contributed by atoms with Crippen molar-refractivity contribution < 1.29 is 18.3 Å². The van der Waals surface area contributed by atoms with Gasteiger partial charge in [0.1, 0.15) is 22.7 Å². The number of aromatic nitrogens is 1. The standard InChI is InChI=1S/C24H28F2N6O2S/c1-34-17-8-7-13-19(17)30-10-16(20(13)31-9-3-4-12(27)11-31)32-21(22(28)33)23(29)35-24(32)18-14(25)5-2-6-15(18)26/h2,5-6,10,12,17,24H,3-4,7-9,11,27,29H2,1H3,(H2,28,33)/t12-,17+,24?/m0/s1. The predicted molar refractivity (Wildman–Crippen MR) is 131 cm³/mol. The molecule has 1 aromatic carbocycles. The topological polar surface area (TPSA) is 124 Å². The van der Waals surface area contributed by atoms with Crippen molar-refractivity contribution in [3.05, 3.63) is 63.6 Å². The van der Waals surface area contributed by atoms with E-state index >= 15 is 0 Å². The Balaban J connectivity index is 1.73. The zero-order valence-electron chi connectivity index (χ0n) is 19.3. The van der Waals surface area contributed by atoms with E-state index in [1.54, 1.807) is 13.3 Å². The number of hydrogen-bond donors (Lipinski definition) is 3. The van der Waals surface area contributed by atoms with Gasteiger partial charge in [-0.25, -0.2) is 8.78 Å². The zero-order chi connectivity index (χ0) is 24.9. The van der Waals surface area contributed by atoms with Crippen molar-refractivity contribution >= 4 is 29.0 Å². The number of benzene rings is 1. The van der Waals surface area contributed by atoms with Crippen molar-refractivity contribution in [2.75, 3.05) is 30.0 Å². The lowest BCUT2D eigenvalue weighted by Crippen LogP contribution is -2.44. The number of nitrogens with zero attached hydrogens (tertiary/aromatic N) is 3. The second-order valence-electron chi connectivity index (χ2n) is 9.02. The molecule has 11 heteroatoms. The van der Waals surface area contributed by atoms with Gasteiger partial charge in [0, 0.05) is 31.8 Å². The van der Waals surface area contributed by atoms with Crippen LogP contribution in [0.1, 0.15) is 47.6 Å². The van der Waals surface area contributed by atoms with Crippen molar-refractivity contribution in [3.8, 4) is 0 Å². The molecule has 35 heavy (non-hydrogen) atoms. The lowest BCUT2D eigenvalue weighted by molar-refractivity contribution is -0.114. The molecule has 3 atom stereocenters. The number of rotatable bonds is 5. The lowest BCUT2D eigenvalue weighted by Gasteiger charge is -2.38. The molecule has 1 aromatic heterocycles. The van der Waals surface area contributed by atoms with Crippen LogP contribution in [0.5, 0.6) is 0 Å². The fourth-order valence-electron chi connectivity index (χ4n) is 5.34. The highest BCUT2D eigenvalue weighted by atomic mass is 32.2. The van der Waals surface area contributed by atoms with Crippen molar-refractivity contribution in [1.29, 1.82) is 0 Å². The van der Waals surface area contributed by atoms with Gasteiger partial charge >= 0.3 is 0 Å². The second kappa shape index (κ2) is 9.29. The lowest BCUT2D eigenvalue weighted by atomic mass is 10.0. The molecule has 0 saturated carbocycles. The third-order valence-electron chi connectivity index (χ3n) is 6.87. The number of thioether (sulfide) groups is 1. The fourth-order valence-corrected chi connectivity index (χ4v) is 6.56. The fraction of sp³-hybridized carbons (Fsp3) is 0.417. The summed E-state index contributed by atoms with van der Waals surface area (Å²) >= 11 is 0.987. The highest BCUT2D eigenvalue weighted by molar-refractivity contribution is 8.03. The van der Waals surface area contributed by atoms with Gasteiger partial charge in [0.25, 0.3) is 5.91 Å². The number of hydrogen-bond acceptors (Lipinski definition) is 8. The maximum Gasteiger partial charge on any atom is 0.268 e. The van der Waals surface area contributed by atoms with E-state index < -0.39 is 22.9 Å². The summed E-state index contributed by atoms with van der Waals surface area (Å²) in [6, 6.07) is 3.64. The van der Waals surface area contributed by atoms with Gasteiger partial charge < -0.3 is 31.7 Å². The Morgan fingerprint density at radius 3 is 2.66 bits per heavy atom. The molecule has 1 fully saturated rings. The SMILES string of the molecule is CO[C@@H]1CCc2c1ncc(N1C(C(N)=O)=C(N)SC1c1c(F)cccc1F)c2N1CCC[C@H](N)C1. The third kappa shape index (κ3) is 4.01. The monoisotopic (exact) mass is 502 g/mol. The van der Waals surface area contributed by atoms with Crippen LogP contribution >= 0.6 is 11.8 Å². The van der Waals surface area contributed by atoms with E-state index in [2.05, 4.69) is 9.88 Å². The largest absolute Gasteiger partial charge is 0.392 e. The Kier molecular flexibility index (Phi) is 6.32. The summed E-state index contributed by atoms with van der Waals surface area (Å²) in [6.45, 7) is 1.35. The summed E-state index contributed by atoms with van der Waals surface area (Å²) in [4.78, 5) is 21.0. The predicted octanol–water partition coefficient (Wildman–Crippen LogP) is 2.79. The number of amides is 1. The molecule has 0 spiro atoms. The molecule has 0 radical (unpaired) electrons. The van der Waals surface area contributed by atoms with Crippen LogP contribution < -0.4 is 27.0 Å². The van der Waals surface area contributed by atoms with E-state index in [1.165, 1.54) is 23.1 Å². The molecule has 5 rings (SSSR count). The first-order valence-corrected chi connectivity index (χ1v) is 12.4. The number of halogens is 2. The van der Waals surface area contributed by atoms with Gasteiger partial charge in [-0.3, -0.25) is 9.78 Å².